The van der Waals surface area contributed by atoms with Crippen LogP contribution in [0.4, 0.5) is 4.79 Å². The number of rotatable bonds is 4. The first-order valence-electron chi connectivity index (χ1n) is 7.37. The smallest absolute Gasteiger partial charge is 0.345 e. The van der Waals surface area contributed by atoms with Gasteiger partial charge in [0.1, 0.15) is 0 Å². The van der Waals surface area contributed by atoms with Crippen LogP contribution in [0.25, 0.3) is 6.08 Å². The zero-order valence-corrected chi connectivity index (χ0v) is 15.0. The number of hydrogen-bond donors (Lipinski definition) is 1. The van der Waals surface area contributed by atoms with Crippen LogP contribution in [-0.2, 0) is 4.79 Å². The van der Waals surface area contributed by atoms with Crippen LogP contribution in [0.3, 0.4) is 0 Å². The standard InChI is InChI=1S/C18H12ClNO5S/c1-24-14-8-10(9-15-16(21)20-18(23)26-15)6-7-13(14)25-17(22)11-4-2-3-5-12(11)19/h2-9H,1H3,(H,20,21,23). The molecule has 8 heteroatoms. The third-order valence-electron chi connectivity index (χ3n) is 3.42. The Labute approximate surface area is 158 Å². The quantitative estimate of drug-likeness (QED) is 0.485. The maximum atomic E-state index is 12.3. The summed E-state index contributed by atoms with van der Waals surface area (Å²) in [6.07, 6.45) is 1.55. The molecule has 1 aliphatic heterocycles. The van der Waals surface area contributed by atoms with E-state index in [1.807, 2.05) is 0 Å². The molecule has 0 radical (unpaired) electrons. The third-order valence-corrected chi connectivity index (χ3v) is 4.56. The van der Waals surface area contributed by atoms with Gasteiger partial charge in [0.25, 0.3) is 11.1 Å². The first-order chi connectivity index (χ1) is 12.5. The molecule has 0 bridgehead atoms. The molecule has 2 aromatic rings. The van der Waals surface area contributed by atoms with Crippen molar-refractivity contribution in [3.8, 4) is 11.5 Å². The lowest BCUT2D eigenvalue weighted by Gasteiger charge is -2.10. The summed E-state index contributed by atoms with van der Waals surface area (Å²) in [5.41, 5.74) is 0.853. The van der Waals surface area contributed by atoms with Crippen molar-refractivity contribution in [3.63, 3.8) is 0 Å². The average molecular weight is 390 g/mol. The molecule has 6 nitrogen and oxygen atoms in total. The van der Waals surface area contributed by atoms with Gasteiger partial charge in [-0.2, -0.15) is 0 Å². The Morgan fingerprint density at radius 2 is 1.92 bits per heavy atom. The average Bonchev–Trinajstić information content (AvgIpc) is 2.93. The van der Waals surface area contributed by atoms with E-state index in [0.717, 1.165) is 11.8 Å². The van der Waals surface area contributed by atoms with Crippen molar-refractivity contribution in [3.05, 3.63) is 63.5 Å². The SMILES string of the molecule is COc1cc(C=C2SC(=O)NC2=O)ccc1OC(=O)c1ccccc1Cl. The summed E-state index contributed by atoms with van der Waals surface area (Å²) in [5, 5.41) is 2.05. The molecule has 0 saturated carbocycles. The van der Waals surface area contributed by atoms with Gasteiger partial charge in [0, 0.05) is 0 Å². The van der Waals surface area contributed by atoms with Crippen molar-refractivity contribution in [2.24, 2.45) is 0 Å². The van der Waals surface area contributed by atoms with Crippen molar-refractivity contribution in [2.45, 2.75) is 0 Å². The molecule has 0 aliphatic carbocycles. The number of hydrogen-bond acceptors (Lipinski definition) is 6. The monoisotopic (exact) mass is 389 g/mol. The van der Waals surface area contributed by atoms with E-state index in [1.54, 1.807) is 48.5 Å². The summed E-state index contributed by atoms with van der Waals surface area (Å²) in [7, 11) is 1.43. The summed E-state index contributed by atoms with van der Waals surface area (Å²) in [6, 6.07) is 11.3. The summed E-state index contributed by atoms with van der Waals surface area (Å²) in [4.78, 5) is 35.4. The highest BCUT2D eigenvalue weighted by molar-refractivity contribution is 8.18. The fourth-order valence-corrected chi connectivity index (χ4v) is 3.11. The zero-order valence-electron chi connectivity index (χ0n) is 13.4. The van der Waals surface area contributed by atoms with Crippen molar-refractivity contribution in [1.82, 2.24) is 5.32 Å². The molecule has 0 atom stereocenters. The second-order valence-corrected chi connectivity index (χ2v) is 6.55. The van der Waals surface area contributed by atoms with E-state index < -0.39 is 17.1 Å². The van der Waals surface area contributed by atoms with Gasteiger partial charge in [0.05, 0.1) is 22.6 Å². The molecule has 0 unspecified atom stereocenters. The summed E-state index contributed by atoms with van der Waals surface area (Å²) >= 11 is 6.81. The highest BCUT2D eigenvalue weighted by Gasteiger charge is 2.25. The van der Waals surface area contributed by atoms with Crippen LogP contribution in [0.5, 0.6) is 11.5 Å². The summed E-state index contributed by atoms with van der Waals surface area (Å²) in [6.45, 7) is 0. The fraction of sp³-hybridized carbons (Fsp3) is 0.0556. The Balaban J connectivity index is 1.85. The molecule has 1 aliphatic rings. The molecular formula is C18H12ClNO5S. The van der Waals surface area contributed by atoms with E-state index in [4.69, 9.17) is 21.1 Å². The van der Waals surface area contributed by atoms with Gasteiger partial charge < -0.3 is 9.47 Å². The van der Waals surface area contributed by atoms with Gasteiger partial charge in [0.15, 0.2) is 11.5 Å². The number of carbonyl (C=O) groups is 3. The van der Waals surface area contributed by atoms with Crippen molar-refractivity contribution in [2.75, 3.05) is 7.11 Å². The molecule has 1 saturated heterocycles. The molecule has 2 amide bonds. The molecule has 3 rings (SSSR count). The lowest BCUT2D eigenvalue weighted by Crippen LogP contribution is -2.17. The summed E-state index contributed by atoms with van der Waals surface area (Å²) in [5.74, 6) is -0.557. The lowest BCUT2D eigenvalue weighted by atomic mass is 10.2. The molecule has 1 N–H and O–H groups in total. The van der Waals surface area contributed by atoms with Gasteiger partial charge in [-0.1, -0.05) is 29.8 Å². The molecular weight excluding hydrogens is 378 g/mol. The van der Waals surface area contributed by atoms with Crippen molar-refractivity contribution < 1.29 is 23.9 Å². The molecule has 1 heterocycles. The van der Waals surface area contributed by atoms with Crippen LogP contribution in [-0.4, -0.2) is 24.2 Å². The number of nitrogens with one attached hydrogen (secondary N) is 1. The second-order valence-electron chi connectivity index (χ2n) is 5.13. The van der Waals surface area contributed by atoms with Gasteiger partial charge >= 0.3 is 5.97 Å². The number of carbonyl (C=O) groups excluding carboxylic acids is 3. The van der Waals surface area contributed by atoms with Crippen molar-refractivity contribution in [1.29, 1.82) is 0 Å². The molecule has 1 fully saturated rings. The number of esters is 1. The van der Waals surface area contributed by atoms with E-state index in [9.17, 15) is 14.4 Å². The predicted octanol–water partition coefficient (Wildman–Crippen LogP) is 3.89. The second kappa shape index (κ2) is 7.63. The largest absolute Gasteiger partial charge is 0.493 e. The van der Waals surface area contributed by atoms with Crippen LogP contribution in [0.1, 0.15) is 15.9 Å². The number of halogens is 1. The van der Waals surface area contributed by atoms with E-state index in [-0.39, 0.29) is 21.2 Å². The minimum Gasteiger partial charge on any atom is -0.493 e. The van der Waals surface area contributed by atoms with Gasteiger partial charge in [-0.25, -0.2) is 4.79 Å². The van der Waals surface area contributed by atoms with Gasteiger partial charge in [-0.15, -0.1) is 0 Å². The van der Waals surface area contributed by atoms with Gasteiger partial charge in [-0.05, 0) is 47.7 Å². The number of amides is 2. The molecule has 0 aromatic heterocycles. The molecule has 132 valence electrons. The van der Waals surface area contributed by atoms with E-state index >= 15 is 0 Å². The molecule has 2 aromatic carbocycles. The van der Waals surface area contributed by atoms with Crippen LogP contribution in [0.15, 0.2) is 47.4 Å². The Morgan fingerprint density at radius 3 is 2.58 bits per heavy atom. The molecule has 0 spiro atoms. The number of ether oxygens (including phenoxy) is 2. The number of thioether (sulfide) groups is 1. The normalized spacial score (nSPS) is 15.1. The highest BCUT2D eigenvalue weighted by Crippen LogP contribution is 2.32. The first kappa shape index (κ1) is 18.0. The van der Waals surface area contributed by atoms with E-state index in [1.165, 1.54) is 7.11 Å². The zero-order chi connectivity index (χ0) is 18.7. The minimum absolute atomic E-state index is 0.208. The van der Waals surface area contributed by atoms with Gasteiger partial charge in [-0.3, -0.25) is 14.9 Å². The van der Waals surface area contributed by atoms with Crippen LogP contribution < -0.4 is 14.8 Å². The lowest BCUT2D eigenvalue weighted by molar-refractivity contribution is -0.115. The maximum absolute atomic E-state index is 12.3. The number of methoxy groups -OCH3 is 1. The van der Waals surface area contributed by atoms with Gasteiger partial charge in [0.2, 0.25) is 0 Å². The number of benzene rings is 2. The maximum Gasteiger partial charge on any atom is 0.345 e. The Kier molecular flexibility index (Phi) is 5.29. The number of imide groups is 1. The summed E-state index contributed by atoms with van der Waals surface area (Å²) < 4.78 is 10.6. The van der Waals surface area contributed by atoms with Crippen molar-refractivity contribution >= 4 is 46.6 Å². The minimum atomic E-state index is -0.615. The van der Waals surface area contributed by atoms with E-state index in [2.05, 4.69) is 5.32 Å². The third kappa shape index (κ3) is 3.89. The molecule has 26 heavy (non-hydrogen) atoms. The van der Waals surface area contributed by atoms with Crippen LogP contribution in [0.2, 0.25) is 5.02 Å². The first-order valence-corrected chi connectivity index (χ1v) is 8.57. The Hall–Kier alpha value is -2.77. The van der Waals surface area contributed by atoms with Crippen LogP contribution >= 0.6 is 23.4 Å². The van der Waals surface area contributed by atoms with Crippen LogP contribution in [0, 0.1) is 0 Å². The Morgan fingerprint density at radius 1 is 1.15 bits per heavy atom. The highest BCUT2D eigenvalue weighted by atomic mass is 35.5. The Bertz CT molecular complexity index is 941. The topological polar surface area (TPSA) is 81.7 Å². The predicted molar refractivity (Wildman–Crippen MR) is 98.5 cm³/mol. The van der Waals surface area contributed by atoms with E-state index in [0.29, 0.717) is 11.3 Å². The fourth-order valence-electron chi connectivity index (χ4n) is 2.21.